The van der Waals surface area contributed by atoms with Gasteiger partial charge in [0.15, 0.2) is 0 Å². The van der Waals surface area contributed by atoms with Crippen molar-refractivity contribution >= 4 is 12.4 Å². The van der Waals surface area contributed by atoms with E-state index in [0.29, 0.717) is 0 Å². The summed E-state index contributed by atoms with van der Waals surface area (Å²) in [4.78, 5) is 0. The average molecular weight is 152 g/mol. The molecule has 0 aliphatic carbocycles. The van der Waals surface area contributed by atoms with E-state index in [1.807, 2.05) is 6.92 Å². The maximum atomic E-state index is 3.36. The molecule has 0 spiro atoms. The van der Waals surface area contributed by atoms with E-state index in [1.165, 1.54) is 0 Å². The molecule has 0 aliphatic heterocycles. The number of rotatable bonds is 2. The van der Waals surface area contributed by atoms with E-state index in [2.05, 4.69) is 25.7 Å². The first-order valence-electron chi connectivity index (χ1n) is 3.11. The molecule has 0 aromatic carbocycles. The first kappa shape index (κ1) is 16.0. The van der Waals surface area contributed by atoms with Gasteiger partial charge in [-0.25, -0.2) is 0 Å². The van der Waals surface area contributed by atoms with Crippen molar-refractivity contribution in [1.82, 2.24) is 5.32 Å². The van der Waals surface area contributed by atoms with Crippen molar-refractivity contribution < 1.29 is 0 Å². The van der Waals surface area contributed by atoms with Crippen LogP contribution in [0.5, 0.6) is 0 Å². The summed E-state index contributed by atoms with van der Waals surface area (Å²) in [6, 6.07) is 0. The van der Waals surface area contributed by atoms with E-state index in [1.54, 1.807) is 6.08 Å². The highest BCUT2D eigenvalue weighted by Gasteiger charge is 1.62. The van der Waals surface area contributed by atoms with Crippen LogP contribution in [0.2, 0.25) is 0 Å². The van der Waals surface area contributed by atoms with Crippen molar-refractivity contribution in [3.05, 3.63) is 12.7 Å². The van der Waals surface area contributed by atoms with Crippen LogP contribution >= 0.6 is 12.4 Å². The lowest BCUT2D eigenvalue weighted by molar-refractivity contribution is 0.762. The second kappa shape index (κ2) is 24.5. The highest BCUT2D eigenvalue weighted by molar-refractivity contribution is 5.85. The third-order valence-corrected chi connectivity index (χ3v) is 0.500. The minimum Gasteiger partial charge on any atom is -0.317 e. The van der Waals surface area contributed by atoms with Crippen LogP contribution in [-0.4, -0.2) is 13.1 Å². The molecule has 0 bridgehead atoms. The van der Waals surface area contributed by atoms with Crippen LogP contribution in [0.25, 0.3) is 0 Å². The molecule has 1 N–H and O–H groups in total. The smallest absolute Gasteiger partial charge is 0.00775 e. The normalized spacial score (nSPS) is 6.11. The molecular formula is C7H18ClN. The molecule has 0 aliphatic rings. The van der Waals surface area contributed by atoms with E-state index < -0.39 is 0 Å². The Hall–Kier alpha value is -0.0100. The molecule has 0 fully saturated rings. The van der Waals surface area contributed by atoms with E-state index in [4.69, 9.17) is 0 Å². The van der Waals surface area contributed by atoms with Crippen molar-refractivity contribution in [2.24, 2.45) is 0 Å². The lowest BCUT2D eigenvalue weighted by atomic mass is 10.7. The topological polar surface area (TPSA) is 12.0 Å². The highest BCUT2D eigenvalue weighted by Crippen LogP contribution is 1.47. The molecule has 0 heterocycles. The lowest BCUT2D eigenvalue weighted by Crippen LogP contribution is -2.09. The third-order valence-electron chi connectivity index (χ3n) is 0.500. The van der Waals surface area contributed by atoms with Crippen LogP contribution in [0, 0.1) is 0 Å². The molecule has 0 aromatic heterocycles. The van der Waals surface area contributed by atoms with Crippen molar-refractivity contribution in [1.29, 1.82) is 0 Å². The average Bonchev–Trinajstić information content (AvgIpc) is 1.71. The molecular weight excluding hydrogens is 134 g/mol. The van der Waals surface area contributed by atoms with Crippen LogP contribution < -0.4 is 5.32 Å². The second-order valence-corrected chi connectivity index (χ2v) is 1.37. The summed E-state index contributed by atoms with van der Waals surface area (Å²) in [5, 5.41) is 3.11. The maximum Gasteiger partial charge on any atom is -0.00775 e. The quantitative estimate of drug-likeness (QED) is 0.597. The minimum absolute atomic E-state index is 0. The van der Waals surface area contributed by atoms with Gasteiger partial charge >= 0.3 is 0 Å². The van der Waals surface area contributed by atoms with Gasteiger partial charge in [0.2, 0.25) is 0 Å². The summed E-state index contributed by atoms with van der Waals surface area (Å²) < 4.78 is 0. The minimum atomic E-state index is 0. The maximum absolute atomic E-state index is 3.36. The van der Waals surface area contributed by atoms with Gasteiger partial charge in [-0.1, -0.05) is 19.9 Å². The first-order valence-corrected chi connectivity index (χ1v) is 3.11. The number of allylic oxidation sites excluding steroid dienone is 1. The fraction of sp³-hybridized carbons (Fsp3) is 0.714. The highest BCUT2D eigenvalue weighted by atomic mass is 35.5. The van der Waals surface area contributed by atoms with Crippen LogP contribution in [0.3, 0.4) is 0 Å². The van der Waals surface area contributed by atoms with Crippen LogP contribution in [0.4, 0.5) is 0 Å². The van der Waals surface area contributed by atoms with Gasteiger partial charge in [-0.05, 0) is 20.0 Å². The molecule has 0 atom stereocenters. The van der Waals surface area contributed by atoms with Crippen molar-refractivity contribution in [2.45, 2.75) is 20.8 Å². The lowest BCUT2D eigenvalue weighted by Gasteiger charge is -1.86. The molecule has 0 unspecified atom stereocenters. The zero-order valence-corrected chi connectivity index (χ0v) is 7.42. The molecule has 0 radical (unpaired) electrons. The van der Waals surface area contributed by atoms with Crippen molar-refractivity contribution in [2.75, 3.05) is 13.1 Å². The summed E-state index contributed by atoms with van der Waals surface area (Å²) in [7, 11) is 0. The fourth-order valence-corrected chi connectivity index (χ4v) is 0.250. The van der Waals surface area contributed by atoms with E-state index in [9.17, 15) is 0 Å². The summed E-state index contributed by atoms with van der Waals surface area (Å²) in [5.41, 5.74) is 0. The molecule has 0 aromatic rings. The molecule has 0 amide bonds. The van der Waals surface area contributed by atoms with Gasteiger partial charge in [0.1, 0.15) is 0 Å². The van der Waals surface area contributed by atoms with Gasteiger partial charge in [-0.2, -0.15) is 0 Å². The predicted octanol–water partition coefficient (Wildman–Crippen LogP) is 2.23. The van der Waals surface area contributed by atoms with E-state index in [-0.39, 0.29) is 12.4 Å². The molecule has 0 rings (SSSR count). The SMILES string of the molecule is C=CC.CCNCC.Cl. The van der Waals surface area contributed by atoms with Crippen molar-refractivity contribution in [3.63, 3.8) is 0 Å². The largest absolute Gasteiger partial charge is 0.317 e. The molecule has 1 nitrogen and oxygen atoms in total. The molecule has 58 valence electrons. The van der Waals surface area contributed by atoms with Crippen molar-refractivity contribution in [3.8, 4) is 0 Å². The van der Waals surface area contributed by atoms with Crippen LogP contribution in [0.1, 0.15) is 20.8 Å². The standard InChI is InChI=1S/C4H11N.C3H6.ClH/c1-3-5-4-2;1-3-2;/h5H,3-4H2,1-2H3;3H,1H2,2H3;1H. The Balaban J connectivity index is -0.0000000800. The van der Waals surface area contributed by atoms with Gasteiger partial charge in [-0.3, -0.25) is 0 Å². The first-order chi connectivity index (χ1) is 3.83. The summed E-state index contributed by atoms with van der Waals surface area (Å²) in [5.74, 6) is 0. The second-order valence-electron chi connectivity index (χ2n) is 1.37. The van der Waals surface area contributed by atoms with Gasteiger partial charge < -0.3 is 5.32 Å². The number of halogens is 1. The van der Waals surface area contributed by atoms with Gasteiger partial charge in [-0.15, -0.1) is 19.0 Å². The van der Waals surface area contributed by atoms with Crippen LogP contribution in [-0.2, 0) is 0 Å². The van der Waals surface area contributed by atoms with E-state index >= 15 is 0 Å². The number of hydrogen-bond donors (Lipinski definition) is 1. The number of hydrogen-bond acceptors (Lipinski definition) is 1. The van der Waals surface area contributed by atoms with E-state index in [0.717, 1.165) is 13.1 Å². The predicted molar refractivity (Wildman–Crippen MR) is 47.3 cm³/mol. The summed E-state index contributed by atoms with van der Waals surface area (Å²) in [6.45, 7) is 11.6. The Bertz CT molecular complexity index is 35.9. The Labute approximate surface area is 64.9 Å². The Morgan fingerprint density at radius 1 is 1.33 bits per heavy atom. The third kappa shape index (κ3) is 72.4. The van der Waals surface area contributed by atoms with Gasteiger partial charge in [0.25, 0.3) is 0 Å². The molecule has 9 heavy (non-hydrogen) atoms. The monoisotopic (exact) mass is 151 g/mol. The summed E-state index contributed by atoms with van der Waals surface area (Å²) >= 11 is 0. The summed E-state index contributed by atoms with van der Waals surface area (Å²) in [6.07, 6.45) is 1.75. The molecule has 0 saturated heterocycles. The van der Waals surface area contributed by atoms with Gasteiger partial charge in [0, 0.05) is 0 Å². The Kier molecular flexibility index (Phi) is 43.6. The zero-order valence-electron chi connectivity index (χ0n) is 6.61. The Morgan fingerprint density at radius 3 is 1.56 bits per heavy atom. The van der Waals surface area contributed by atoms with Gasteiger partial charge in [0.05, 0.1) is 0 Å². The fourth-order valence-electron chi connectivity index (χ4n) is 0.250. The number of nitrogens with one attached hydrogen (secondary N) is 1. The zero-order chi connectivity index (χ0) is 6.83. The molecule has 0 saturated carbocycles. The van der Waals surface area contributed by atoms with Crippen LogP contribution in [0.15, 0.2) is 12.7 Å². The molecule has 2 heteroatoms. The Morgan fingerprint density at radius 2 is 1.56 bits per heavy atom.